The Morgan fingerprint density at radius 2 is 2.18 bits per heavy atom. The molecule has 1 saturated carbocycles. The maximum absolute atomic E-state index is 4.12. The van der Waals surface area contributed by atoms with Crippen molar-refractivity contribution >= 4 is 11.8 Å². The molecule has 2 rings (SSSR count). The zero-order chi connectivity index (χ0) is 12.3. The quantitative estimate of drug-likeness (QED) is 0.753. The van der Waals surface area contributed by atoms with Crippen LogP contribution in [-0.4, -0.2) is 37.8 Å². The van der Waals surface area contributed by atoms with Crippen molar-refractivity contribution in [2.45, 2.75) is 50.9 Å². The minimum absolute atomic E-state index is 0.235. The molecule has 5 nitrogen and oxygen atoms in total. The van der Waals surface area contributed by atoms with Gasteiger partial charge in [0.2, 0.25) is 0 Å². The summed E-state index contributed by atoms with van der Waals surface area (Å²) >= 11 is 1.97. The molecule has 0 unspecified atom stereocenters. The van der Waals surface area contributed by atoms with E-state index in [4.69, 9.17) is 0 Å². The van der Waals surface area contributed by atoms with Gasteiger partial charge in [0.05, 0.1) is 12.1 Å². The van der Waals surface area contributed by atoms with Crippen LogP contribution in [0.25, 0.3) is 0 Å². The molecule has 1 atom stereocenters. The van der Waals surface area contributed by atoms with Crippen molar-refractivity contribution < 1.29 is 0 Å². The van der Waals surface area contributed by atoms with Crippen molar-refractivity contribution in [1.82, 2.24) is 25.5 Å². The van der Waals surface area contributed by atoms with E-state index in [0.29, 0.717) is 11.3 Å². The number of nitrogens with zero attached hydrogens (tertiary/aromatic N) is 4. The molecule has 1 N–H and O–H groups in total. The predicted molar refractivity (Wildman–Crippen MR) is 70.1 cm³/mol. The van der Waals surface area contributed by atoms with E-state index in [1.54, 1.807) is 0 Å². The predicted octanol–water partition coefficient (Wildman–Crippen LogP) is 1.80. The highest BCUT2D eigenvalue weighted by Gasteiger charge is 2.29. The van der Waals surface area contributed by atoms with Gasteiger partial charge in [-0.25, -0.2) is 4.68 Å². The Morgan fingerprint density at radius 3 is 2.82 bits per heavy atom. The molecule has 0 amide bonds. The number of rotatable bonds is 7. The molecule has 1 aliphatic carbocycles. The van der Waals surface area contributed by atoms with Gasteiger partial charge in [-0.15, -0.1) is 5.10 Å². The van der Waals surface area contributed by atoms with Crippen LogP contribution in [0.4, 0.5) is 0 Å². The van der Waals surface area contributed by atoms with Gasteiger partial charge < -0.3 is 5.32 Å². The molecule has 0 aromatic carbocycles. The van der Waals surface area contributed by atoms with Crippen LogP contribution >= 0.6 is 11.8 Å². The first-order valence-electron chi connectivity index (χ1n) is 6.31. The average molecular weight is 255 g/mol. The third kappa shape index (κ3) is 3.67. The summed E-state index contributed by atoms with van der Waals surface area (Å²) in [5.74, 6) is 2.11. The van der Waals surface area contributed by atoms with E-state index in [2.05, 4.69) is 41.6 Å². The standard InChI is InChI=1S/C11H21N5S/c1-8(2)17-7-6-12-9(3)11-13-14-15-16(11)10-4-5-10/h8-10,12H,4-7H2,1-3H3/t9-/m1/s1. The fraction of sp³-hybridized carbons (Fsp3) is 0.909. The molecular formula is C11H21N5S. The van der Waals surface area contributed by atoms with Crippen LogP contribution in [0.2, 0.25) is 0 Å². The summed E-state index contributed by atoms with van der Waals surface area (Å²) in [5.41, 5.74) is 0. The first-order valence-corrected chi connectivity index (χ1v) is 7.36. The lowest BCUT2D eigenvalue weighted by atomic mass is 10.3. The summed E-state index contributed by atoms with van der Waals surface area (Å²) in [5, 5.41) is 16.1. The zero-order valence-corrected chi connectivity index (χ0v) is 11.6. The second-order valence-electron chi connectivity index (χ2n) is 4.81. The van der Waals surface area contributed by atoms with Crippen molar-refractivity contribution in [2.24, 2.45) is 0 Å². The van der Waals surface area contributed by atoms with Gasteiger partial charge >= 0.3 is 0 Å². The molecule has 17 heavy (non-hydrogen) atoms. The molecule has 1 aliphatic rings. The van der Waals surface area contributed by atoms with Crippen molar-refractivity contribution in [3.05, 3.63) is 5.82 Å². The fourth-order valence-corrected chi connectivity index (χ4v) is 2.43. The first-order chi connectivity index (χ1) is 8.18. The van der Waals surface area contributed by atoms with Crippen LogP contribution in [0.15, 0.2) is 0 Å². The van der Waals surface area contributed by atoms with Crippen LogP contribution in [0.5, 0.6) is 0 Å². The molecule has 1 aromatic rings. The van der Waals surface area contributed by atoms with E-state index in [0.717, 1.165) is 18.1 Å². The Labute approximate surface area is 107 Å². The Hall–Kier alpha value is -0.620. The molecule has 0 aliphatic heterocycles. The molecule has 1 aromatic heterocycles. The lowest BCUT2D eigenvalue weighted by molar-refractivity contribution is 0.503. The molecule has 1 heterocycles. The third-order valence-electron chi connectivity index (χ3n) is 2.80. The van der Waals surface area contributed by atoms with Crippen molar-refractivity contribution in [2.75, 3.05) is 12.3 Å². The van der Waals surface area contributed by atoms with Crippen LogP contribution < -0.4 is 5.32 Å². The van der Waals surface area contributed by atoms with E-state index < -0.39 is 0 Å². The van der Waals surface area contributed by atoms with Gasteiger partial charge in [-0.2, -0.15) is 11.8 Å². The Kier molecular flexibility index (Phi) is 4.39. The van der Waals surface area contributed by atoms with E-state index in [-0.39, 0.29) is 6.04 Å². The summed E-state index contributed by atoms with van der Waals surface area (Å²) in [7, 11) is 0. The second-order valence-corrected chi connectivity index (χ2v) is 6.49. The number of thioether (sulfide) groups is 1. The SMILES string of the molecule is CC(C)SCCN[C@H](C)c1nnnn1C1CC1. The minimum Gasteiger partial charge on any atom is -0.307 e. The van der Waals surface area contributed by atoms with Crippen LogP contribution in [-0.2, 0) is 0 Å². The molecule has 0 bridgehead atoms. The monoisotopic (exact) mass is 255 g/mol. The van der Waals surface area contributed by atoms with Crippen molar-refractivity contribution in [1.29, 1.82) is 0 Å². The van der Waals surface area contributed by atoms with E-state index in [1.165, 1.54) is 12.8 Å². The summed E-state index contributed by atoms with van der Waals surface area (Å²) in [6.45, 7) is 7.58. The molecule has 96 valence electrons. The lowest BCUT2D eigenvalue weighted by Crippen LogP contribution is -2.24. The summed E-state index contributed by atoms with van der Waals surface area (Å²) in [6, 6.07) is 0.785. The van der Waals surface area contributed by atoms with Gasteiger partial charge in [0.15, 0.2) is 5.82 Å². The van der Waals surface area contributed by atoms with Gasteiger partial charge in [-0.3, -0.25) is 0 Å². The largest absolute Gasteiger partial charge is 0.307 e. The van der Waals surface area contributed by atoms with E-state index >= 15 is 0 Å². The molecule has 1 fully saturated rings. The molecular weight excluding hydrogens is 234 g/mol. The van der Waals surface area contributed by atoms with Gasteiger partial charge in [-0.1, -0.05) is 13.8 Å². The van der Waals surface area contributed by atoms with Crippen LogP contribution in [0, 0.1) is 0 Å². The molecule has 0 saturated heterocycles. The molecule has 6 heteroatoms. The number of aromatic nitrogens is 4. The Morgan fingerprint density at radius 1 is 1.41 bits per heavy atom. The van der Waals surface area contributed by atoms with Gasteiger partial charge in [0.25, 0.3) is 0 Å². The summed E-state index contributed by atoms with van der Waals surface area (Å²) in [4.78, 5) is 0. The highest BCUT2D eigenvalue weighted by Crippen LogP contribution is 2.35. The second kappa shape index (κ2) is 5.82. The zero-order valence-electron chi connectivity index (χ0n) is 10.8. The van der Waals surface area contributed by atoms with E-state index in [9.17, 15) is 0 Å². The third-order valence-corrected chi connectivity index (χ3v) is 3.91. The average Bonchev–Trinajstić information content (AvgIpc) is 3.02. The fourth-order valence-electron chi connectivity index (χ4n) is 1.73. The number of nitrogens with one attached hydrogen (secondary N) is 1. The number of hydrogen-bond donors (Lipinski definition) is 1. The number of hydrogen-bond acceptors (Lipinski definition) is 5. The van der Waals surface area contributed by atoms with Crippen molar-refractivity contribution in [3.63, 3.8) is 0 Å². The van der Waals surface area contributed by atoms with Gasteiger partial charge in [0.1, 0.15) is 0 Å². The normalized spacial score (nSPS) is 17.6. The van der Waals surface area contributed by atoms with Crippen LogP contribution in [0.1, 0.15) is 51.5 Å². The smallest absolute Gasteiger partial charge is 0.168 e. The lowest BCUT2D eigenvalue weighted by Gasteiger charge is -2.13. The van der Waals surface area contributed by atoms with Crippen LogP contribution in [0.3, 0.4) is 0 Å². The minimum atomic E-state index is 0.235. The highest BCUT2D eigenvalue weighted by atomic mass is 32.2. The van der Waals surface area contributed by atoms with Gasteiger partial charge in [-0.05, 0) is 35.4 Å². The number of tetrazole rings is 1. The summed E-state index contributed by atoms with van der Waals surface area (Å²) in [6.07, 6.45) is 2.43. The Bertz CT molecular complexity index is 347. The maximum atomic E-state index is 4.12. The molecule has 0 spiro atoms. The molecule has 0 radical (unpaired) electrons. The maximum Gasteiger partial charge on any atom is 0.168 e. The summed E-state index contributed by atoms with van der Waals surface area (Å²) < 4.78 is 1.98. The van der Waals surface area contributed by atoms with Gasteiger partial charge in [0, 0.05) is 12.3 Å². The first kappa shape index (κ1) is 12.8. The van der Waals surface area contributed by atoms with Crippen molar-refractivity contribution in [3.8, 4) is 0 Å². The Balaban J connectivity index is 1.78. The topological polar surface area (TPSA) is 55.6 Å². The van der Waals surface area contributed by atoms with E-state index in [1.807, 2.05) is 16.4 Å². The highest BCUT2D eigenvalue weighted by molar-refractivity contribution is 7.99.